The molecule has 9 heteroatoms. The Labute approximate surface area is 177 Å². The predicted molar refractivity (Wildman–Crippen MR) is 108 cm³/mol. The number of imidazole rings is 1. The molecular formula is C22H20FN3O5. The fourth-order valence-corrected chi connectivity index (χ4v) is 3.71. The van der Waals surface area contributed by atoms with Crippen LogP contribution in [0.3, 0.4) is 0 Å². The maximum Gasteiger partial charge on any atom is 0.295 e. The summed E-state index contributed by atoms with van der Waals surface area (Å²) in [7, 11) is 1.36. The minimum atomic E-state index is -0.939. The number of benzene rings is 1. The Kier molecular flexibility index (Phi) is 5.57. The molecule has 0 spiro atoms. The Bertz CT molecular complexity index is 1120. The van der Waals surface area contributed by atoms with E-state index < -0.39 is 29.3 Å². The molecule has 0 aliphatic carbocycles. The van der Waals surface area contributed by atoms with Crippen LogP contribution in [0.1, 0.15) is 23.8 Å². The van der Waals surface area contributed by atoms with Crippen LogP contribution >= 0.6 is 0 Å². The summed E-state index contributed by atoms with van der Waals surface area (Å²) in [5.74, 6) is -2.28. The van der Waals surface area contributed by atoms with E-state index in [1.54, 1.807) is 30.9 Å². The number of Topliss-reactive ketones (excluding diaryl/α,β-unsaturated/α-hetero) is 1. The van der Waals surface area contributed by atoms with E-state index in [9.17, 15) is 19.1 Å². The summed E-state index contributed by atoms with van der Waals surface area (Å²) in [6.07, 6.45) is 7.08. The number of methoxy groups -OCH3 is 1. The standard InChI is InChI=1S/C22H20FN3O5/c1-30-16-6-5-14(23)12-15(16)20(27)18-19(17-4-2-11-31-17)26(22(29)21(18)28)9-3-8-25-10-7-24-13-25/h2,4-7,10-13,19,27H,3,8-9H2,1H3/b20-18+. The Morgan fingerprint density at radius 2 is 2.13 bits per heavy atom. The maximum atomic E-state index is 13.9. The second-order valence-corrected chi connectivity index (χ2v) is 7.01. The van der Waals surface area contributed by atoms with E-state index in [2.05, 4.69) is 4.98 Å². The van der Waals surface area contributed by atoms with E-state index in [0.29, 0.717) is 18.7 Å². The van der Waals surface area contributed by atoms with Crippen molar-refractivity contribution in [2.24, 2.45) is 0 Å². The maximum absolute atomic E-state index is 13.9. The lowest BCUT2D eigenvalue weighted by atomic mass is 9.98. The van der Waals surface area contributed by atoms with Crippen molar-refractivity contribution in [3.63, 3.8) is 0 Å². The van der Waals surface area contributed by atoms with Crippen LogP contribution in [0.2, 0.25) is 0 Å². The summed E-state index contributed by atoms with van der Waals surface area (Å²) in [6.45, 7) is 0.830. The largest absolute Gasteiger partial charge is 0.507 e. The topological polar surface area (TPSA) is 97.8 Å². The van der Waals surface area contributed by atoms with Crippen LogP contribution in [0.4, 0.5) is 4.39 Å². The number of amides is 1. The molecule has 2 aromatic heterocycles. The summed E-state index contributed by atoms with van der Waals surface area (Å²) in [5.41, 5.74) is -0.193. The van der Waals surface area contributed by atoms with Crippen molar-refractivity contribution >= 4 is 17.4 Å². The summed E-state index contributed by atoms with van der Waals surface area (Å²) < 4.78 is 26.4. The summed E-state index contributed by atoms with van der Waals surface area (Å²) in [6, 6.07) is 5.88. The van der Waals surface area contributed by atoms with Crippen LogP contribution in [-0.2, 0) is 16.1 Å². The molecule has 0 radical (unpaired) electrons. The van der Waals surface area contributed by atoms with Crippen molar-refractivity contribution in [2.75, 3.05) is 13.7 Å². The van der Waals surface area contributed by atoms with E-state index in [1.807, 2.05) is 4.57 Å². The van der Waals surface area contributed by atoms with Crippen LogP contribution in [0.5, 0.6) is 5.75 Å². The van der Waals surface area contributed by atoms with Gasteiger partial charge in [0, 0.05) is 25.5 Å². The highest BCUT2D eigenvalue weighted by Gasteiger charge is 2.47. The Morgan fingerprint density at radius 1 is 1.29 bits per heavy atom. The van der Waals surface area contributed by atoms with Crippen molar-refractivity contribution in [2.45, 2.75) is 19.0 Å². The van der Waals surface area contributed by atoms with Crippen LogP contribution < -0.4 is 4.74 Å². The first kappa shape index (κ1) is 20.4. The molecule has 4 rings (SSSR count). The Morgan fingerprint density at radius 3 is 2.81 bits per heavy atom. The number of hydrogen-bond donors (Lipinski definition) is 1. The third-order valence-electron chi connectivity index (χ3n) is 5.14. The molecule has 1 fully saturated rings. The highest BCUT2D eigenvalue weighted by Crippen LogP contribution is 2.41. The Balaban J connectivity index is 1.74. The molecule has 1 unspecified atom stereocenters. The van der Waals surface area contributed by atoms with Gasteiger partial charge in [-0.05, 0) is 36.8 Å². The number of aryl methyl sites for hydroxylation is 1. The number of ketones is 1. The first-order valence-electron chi connectivity index (χ1n) is 9.62. The molecule has 31 heavy (non-hydrogen) atoms. The molecule has 1 saturated heterocycles. The number of carbonyl (C=O) groups excluding carboxylic acids is 2. The van der Waals surface area contributed by atoms with Gasteiger partial charge < -0.3 is 23.7 Å². The van der Waals surface area contributed by atoms with Crippen molar-refractivity contribution in [3.8, 4) is 5.75 Å². The number of rotatable bonds is 7. The molecule has 1 atom stereocenters. The molecule has 0 bridgehead atoms. The quantitative estimate of drug-likeness (QED) is 0.355. The highest BCUT2D eigenvalue weighted by molar-refractivity contribution is 6.46. The van der Waals surface area contributed by atoms with Gasteiger partial charge in [0.25, 0.3) is 11.7 Å². The van der Waals surface area contributed by atoms with E-state index in [4.69, 9.17) is 9.15 Å². The summed E-state index contributed by atoms with van der Waals surface area (Å²) >= 11 is 0. The SMILES string of the molecule is COc1ccc(F)cc1/C(O)=C1\C(=O)C(=O)N(CCCn2ccnc2)C1c1ccco1. The summed E-state index contributed by atoms with van der Waals surface area (Å²) in [5, 5.41) is 11.0. The normalized spacial score (nSPS) is 18.0. The van der Waals surface area contributed by atoms with Crippen LogP contribution in [-0.4, -0.2) is 44.9 Å². The fourth-order valence-electron chi connectivity index (χ4n) is 3.71. The van der Waals surface area contributed by atoms with Gasteiger partial charge in [-0.15, -0.1) is 0 Å². The van der Waals surface area contributed by atoms with Crippen molar-refractivity contribution in [1.29, 1.82) is 0 Å². The first-order chi connectivity index (χ1) is 15.0. The van der Waals surface area contributed by atoms with Gasteiger partial charge >= 0.3 is 0 Å². The lowest BCUT2D eigenvalue weighted by Crippen LogP contribution is -2.31. The average Bonchev–Trinajstić information content (AvgIpc) is 3.52. The van der Waals surface area contributed by atoms with Gasteiger partial charge in [-0.2, -0.15) is 0 Å². The number of carbonyl (C=O) groups is 2. The molecule has 1 aliphatic rings. The van der Waals surface area contributed by atoms with Gasteiger partial charge in [0.15, 0.2) is 0 Å². The number of furan rings is 1. The van der Waals surface area contributed by atoms with Gasteiger partial charge in [-0.3, -0.25) is 9.59 Å². The number of aliphatic hydroxyl groups excluding tert-OH is 1. The van der Waals surface area contributed by atoms with E-state index >= 15 is 0 Å². The molecule has 3 heterocycles. The molecule has 1 aromatic carbocycles. The molecular weight excluding hydrogens is 405 g/mol. The van der Waals surface area contributed by atoms with Crippen molar-refractivity contribution < 1.29 is 28.2 Å². The van der Waals surface area contributed by atoms with Gasteiger partial charge in [0.2, 0.25) is 0 Å². The summed E-state index contributed by atoms with van der Waals surface area (Å²) in [4.78, 5) is 31.1. The lowest BCUT2D eigenvalue weighted by molar-refractivity contribution is -0.140. The van der Waals surface area contributed by atoms with Gasteiger partial charge in [0.1, 0.15) is 29.1 Å². The molecule has 1 N–H and O–H groups in total. The van der Waals surface area contributed by atoms with E-state index in [0.717, 1.165) is 6.07 Å². The van der Waals surface area contributed by atoms with Crippen molar-refractivity contribution in [1.82, 2.24) is 14.5 Å². The molecule has 8 nitrogen and oxygen atoms in total. The molecule has 0 saturated carbocycles. The first-order valence-corrected chi connectivity index (χ1v) is 9.62. The van der Waals surface area contributed by atoms with Crippen LogP contribution in [0, 0.1) is 5.82 Å². The molecule has 1 aliphatic heterocycles. The second kappa shape index (κ2) is 8.47. The third kappa shape index (κ3) is 3.81. The molecule has 3 aromatic rings. The number of nitrogens with zero attached hydrogens (tertiary/aromatic N) is 3. The smallest absolute Gasteiger partial charge is 0.295 e. The van der Waals surface area contributed by atoms with Gasteiger partial charge in [-0.1, -0.05) is 0 Å². The zero-order chi connectivity index (χ0) is 22.0. The number of halogens is 1. The predicted octanol–water partition coefficient (Wildman–Crippen LogP) is 3.14. The Hall–Kier alpha value is -3.88. The minimum absolute atomic E-state index is 0.0181. The zero-order valence-corrected chi connectivity index (χ0v) is 16.7. The monoisotopic (exact) mass is 425 g/mol. The third-order valence-corrected chi connectivity index (χ3v) is 5.14. The van der Waals surface area contributed by atoms with E-state index in [-0.39, 0.29) is 23.4 Å². The van der Waals surface area contributed by atoms with Gasteiger partial charge in [-0.25, -0.2) is 9.37 Å². The van der Waals surface area contributed by atoms with Gasteiger partial charge in [0.05, 0.1) is 30.8 Å². The number of likely N-dealkylation sites (tertiary alicyclic amines) is 1. The number of hydrogen-bond acceptors (Lipinski definition) is 6. The van der Waals surface area contributed by atoms with E-state index in [1.165, 1.54) is 30.4 Å². The second-order valence-electron chi connectivity index (χ2n) is 7.01. The van der Waals surface area contributed by atoms with Crippen LogP contribution in [0.15, 0.2) is 65.3 Å². The van der Waals surface area contributed by atoms with Crippen molar-refractivity contribution in [3.05, 3.63) is 78.0 Å². The average molecular weight is 425 g/mol. The fraction of sp³-hybridized carbons (Fsp3) is 0.227. The minimum Gasteiger partial charge on any atom is -0.507 e. The molecule has 1 amide bonds. The molecule has 160 valence electrons. The zero-order valence-electron chi connectivity index (χ0n) is 16.7. The highest BCUT2D eigenvalue weighted by atomic mass is 19.1. The lowest BCUT2D eigenvalue weighted by Gasteiger charge is -2.23. The van der Waals surface area contributed by atoms with Crippen LogP contribution in [0.25, 0.3) is 5.76 Å². The number of aromatic nitrogens is 2. The number of aliphatic hydroxyl groups is 1. The number of ether oxygens (including phenoxy) is 1.